The molecule has 2 atom stereocenters. The number of nitrogens with one attached hydrogen (secondary N) is 1. The van der Waals surface area contributed by atoms with Crippen LogP contribution in [-0.4, -0.2) is 54.2 Å². The van der Waals surface area contributed by atoms with Gasteiger partial charge in [0.2, 0.25) is 5.91 Å². The third-order valence-electron chi connectivity index (χ3n) is 4.38. The molecule has 0 spiro atoms. The highest BCUT2D eigenvalue weighted by atomic mass is 32.1. The lowest BCUT2D eigenvalue weighted by Crippen LogP contribution is -2.46. The molecule has 1 aromatic carbocycles. The molecule has 0 radical (unpaired) electrons. The van der Waals surface area contributed by atoms with E-state index < -0.39 is 0 Å². The Morgan fingerprint density at radius 2 is 2.00 bits per heavy atom. The molecule has 140 valence electrons. The molecule has 1 saturated heterocycles. The minimum absolute atomic E-state index is 0.0404. The standard InChI is InChI=1S/C20H27N3O2S/c1-15-12-23(13-16(2)25-15)10-6-9-21-19(24)11-18-14-26-20(22-18)17-7-4-3-5-8-17/h3-5,7-8,14-16H,6,9-13H2,1-2H3,(H,21,24). The lowest BCUT2D eigenvalue weighted by Gasteiger charge is -2.35. The van der Waals surface area contributed by atoms with Crippen LogP contribution in [0.2, 0.25) is 0 Å². The van der Waals surface area contributed by atoms with Crippen LogP contribution < -0.4 is 5.32 Å². The van der Waals surface area contributed by atoms with Crippen molar-refractivity contribution in [3.8, 4) is 10.6 Å². The van der Waals surface area contributed by atoms with Crippen LogP contribution in [0.5, 0.6) is 0 Å². The van der Waals surface area contributed by atoms with Crippen molar-refractivity contribution in [2.24, 2.45) is 0 Å². The van der Waals surface area contributed by atoms with Gasteiger partial charge in [-0.25, -0.2) is 4.98 Å². The number of carbonyl (C=O) groups excluding carboxylic acids is 1. The quantitative estimate of drug-likeness (QED) is 0.758. The van der Waals surface area contributed by atoms with Crippen molar-refractivity contribution in [1.29, 1.82) is 0 Å². The van der Waals surface area contributed by atoms with Gasteiger partial charge in [-0.1, -0.05) is 30.3 Å². The topological polar surface area (TPSA) is 54.5 Å². The first-order chi connectivity index (χ1) is 12.6. The fourth-order valence-electron chi connectivity index (χ4n) is 3.33. The maximum Gasteiger partial charge on any atom is 0.226 e. The third kappa shape index (κ3) is 5.62. The monoisotopic (exact) mass is 373 g/mol. The molecule has 5 nitrogen and oxygen atoms in total. The predicted molar refractivity (Wildman–Crippen MR) is 105 cm³/mol. The first-order valence-electron chi connectivity index (χ1n) is 9.24. The van der Waals surface area contributed by atoms with Gasteiger partial charge in [-0.05, 0) is 20.3 Å². The van der Waals surface area contributed by atoms with Gasteiger partial charge in [-0.3, -0.25) is 9.69 Å². The van der Waals surface area contributed by atoms with Gasteiger partial charge in [0.25, 0.3) is 0 Å². The van der Waals surface area contributed by atoms with Crippen molar-refractivity contribution in [2.45, 2.75) is 38.9 Å². The van der Waals surface area contributed by atoms with E-state index in [2.05, 4.69) is 29.0 Å². The largest absolute Gasteiger partial charge is 0.373 e. The van der Waals surface area contributed by atoms with Crippen LogP contribution in [0.25, 0.3) is 10.6 Å². The number of aromatic nitrogens is 1. The van der Waals surface area contributed by atoms with E-state index in [0.717, 1.165) is 42.3 Å². The maximum atomic E-state index is 12.1. The van der Waals surface area contributed by atoms with Gasteiger partial charge in [-0.15, -0.1) is 11.3 Å². The number of benzene rings is 1. The van der Waals surface area contributed by atoms with Crippen LogP contribution in [-0.2, 0) is 16.0 Å². The summed E-state index contributed by atoms with van der Waals surface area (Å²) < 4.78 is 5.74. The number of carbonyl (C=O) groups is 1. The Labute approximate surface area is 159 Å². The number of nitrogens with zero attached hydrogens (tertiary/aromatic N) is 2. The minimum Gasteiger partial charge on any atom is -0.373 e. The van der Waals surface area contributed by atoms with Crippen LogP contribution in [0.4, 0.5) is 0 Å². The fourth-order valence-corrected chi connectivity index (χ4v) is 4.15. The SMILES string of the molecule is CC1CN(CCCNC(=O)Cc2csc(-c3ccccc3)n2)CC(C)O1. The molecule has 1 aromatic heterocycles. The van der Waals surface area contributed by atoms with E-state index in [-0.39, 0.29) is 18.1 Å². The summed E-state index contributed by atoms with van der Waals surface area (Å²) in [6, 6.07) is 10.1. The number of ether oxygens (including phenoxy) is 1. The molecule has 6 heteroatoms. The number of thiazole rings is 1. The summed E-state index contributed by atoms with van der Waals surface area (Å²) in [5.74, 6) is 0.0404. The molecule has 2 heterocycles. The van der Waals surface area contributed by atoms with E-state index >= 15 is 0 Å². The normalized spacial score (nSPS) is 20.8. The smallest absolute Gasteiger partial charge is 0.226 e. The van der Waals surface area contributed by atoms with Gasteiger partial charge < -0.3 is 10.1 Å². The molecule has 1 amide bonds. The Morgan fingerprint density at radius 1 is 1.27 bits per heavy atom. The van der Waals surface area contributed by atoms with Crippen molar-refractivity contribution >= 4 is 17.2 Å². The maximum absolute atomic E-state index is 12.1. The average molecular weight is 374 g/mol. The van der Waals surface area contributed by atoms with E-state index in [1.807, 2.05) is 35.7 Å². The van der Waals surface area contributed by atoms with Crippen molar-refractivity contribution < 1.29 is 9.53 Å². The Morgan fingerprint density at radius 3 is 2.73 bits per heavy atom. The van der Waals surface area contributed by atoms with Gasteiger partial charge >= 0.3 is 0 Å². The van der Waals surface area contributed by atoms with E-state index in [9.17, 15) is 4.79 Å². The average Bonchev–Trinajstić information content (AvgIpc) is 3.07. The van der Waals surface area contributed by atoms with Crippen LogP contribution >= 0.6 is 11.3 Å². The molecule has 0 aliphatic carbocycles. The van der Waals surface area contributed by atoms with E-state index in [0.29, 0.717) is 13.0 Å². The zero-order valence-corrected chi connectivity index (χ0v) is 16.3. The van der Waals surface area contributed by atoms with E-state index in [1.54, 1.807) is 11.3 Å². The zero-order valence-electron chi connectivity index (χ0n) is 15.5. The number of morpholine rings is 1. The summed E-state index contributed by atoms with van der Waals surface area (Å²) in [6.07, 6.45) is 1.88. The number of amides is 1. The predicted octanol–water partition coefficient (Wildman–Crippen LogP) is 2.97. The molecule has 2 unspecified atom stereocenters. The molecule has 1 N–H and O–H groups in total. The Balaban J connectivity index is 1.37. The number of hydrogen-bond acceptors (Lipinski definition) is 5. The summed E-state index contributed by atoms with van der Waals surface area (Å²) in [7, 11) is 0. The molecule has 26 heavy (non-hydrogen) atoms. The van der Waals surface area contributed by atoms with Gasteiger partial charge in [0.05, 0.1) is 24.3 Å². The molecule has 3 rings (SSSR count). The fraction of sp³-hybridized carbons (Fsp3) is 0.500. The summed E-state index contributed by atoms with van der Waals surface area (Å²) in [5, 5.41) is 5.94. The van der Waals surface area contributed by atoms with Crippen molar-refractivity contribution in [1.82, 2.24) is 15.2 Å². The summed E-state index contributed by atoms with van der Waals surface area (Å²) in [4.78, 5) is 19.1. The van der Waals surface area contributed by atoms with Crippen molar-refractivity contribution in [2.75, 3.05) is 26.2 Å². The summed E-state index contributed by atoms with van der Waals surface area (Å²) >= 11 is 1.58. The Kier molecular flexibility index (Phi) is 6.77. The second kappa shape index (κ2) is 9.26. The molecular weight excluding hydrogens is 346 g/mol. The number of hydrogen-bond donors (Lipinski definition) is 1. The van der Waals surface area contributed by atoms with E-state index in [4.69, 9.17) is 4.74 Å². The van der Waals surface area contributed by atoms with Crippen LogP contribution in [0.3, 0.4) is 0 Å². The molecule has 2 aromatic rings. The van der Waals surface area contributed by atoms with Crippen molar-refractivity contribution in [3.63, 3.8) is 0 Å². The third-order valence-corrected chi connectivity index (χ3v) is 5.32. The highest BCUT2D eigenvalue weighted by Crippen LogP contribution is 2.23. The Hall–Kier alpha value is -1.76. The van der Waals surface area contributed by atoms with Crippen LogP contribution in [0.15, 0.2) is 35.7 Å². The van der Waals surface area contributed by atoms with Crippen molar-refractivity contribution in [3.05, 3.63) is 41.4 Å². The van der Waals surface area contributed by atoms with Crippen LogP contribution in [0.1, 0.15) is 26.0 Å². The van der Waals surface area contributed by atoms with Gasteiger partial charge in [0.15, 0.2) is 0 Å². The molecule has 1 aliphatic heterocycles. The minimum atomic E-state index is 0.0404. The number of rotatable bonds is 7. The lowest BCUT2D eigenvalue weighted by atomic mass is 10.2. The summed E-state index contributed by atoms with van der Waals surface area (Å²) in [5.41, 5.74) is 1.93. The van der Waals surface area contributed by atoms with Gasteiger partial charge in [-0.2, -0.15) is 0 Å². The molecule has 1 fully saturated rings. The lowest BCUT2D eigenvalue weighted by molar-refractivity contribution is -0.120. The molecule has 1 aliphatic rings. The Bertz CT molecular complexity index is 694. The second-order valence-corrected chi connectivity index (χ2v) is 7.77. The highest BCUT2D eigenvalue weighted by Gasteiger charge is 2.21. The molecule has 0 bridgehead atoms. The zero-order chi connectivity index (χ0) is 18.4. The summed E-state index contributed by atoms with van der Waals surface area (Å²) in [6.45, 7) is 7.87. The molecular formula is C20H27N3O2S. The van der Waals surface area contributed by atoms with E-state index in [1.165, 1.54) is 0 Å². The van der Waals surface area contributed by atoms with Gasteiger partial charge in [0, 0.05) is 37.1 Å². The first-order valence-corrected chi connectivity index (χ1v) is 10.1. The highest BCUT2D eigenvalue weighted by molar-refractivity contribution is 7.13. The molecule has 0 saturated carbocycles. The second-order valence-electron chi connectivity index (χ2n) is 6.91. The van der Waals surface area contributed by atoms with Gasteiger partial charge in [0.1, 0.15) is 5.01 Å². The first kappa shape index (κ1) is 19.0. The van der Waals surface area contributed by atoms with Crippen LogP contribution in [0, 0.1) is 0 Å².